The molecule has 266 valence electrons. The Balaban J connectivity index is 1.24. The average molecular weight is 728 g/mol. The molecule has 0 aliphatic carbocycles. The predicted octanol–water partition coefficient (Wildman–Crippen LogP) is 11.9. The fourth-order valence-electron chi connectivity index (χ4n) is 10.8. The van der Waals surface area contributed by atoms with Crippen molar-refractivity contribution in [1.29, 1.82) is 0 Å². The van der Waals surface area contributed by atoms with Crippen LogP contribution in [-0.4, -0.2) is 20.9 Å². The molecule has 4 nitrogen and oxygen atoms in total. The number of benzene rings is 7. The summed E-state index contributed by atoms with van der Waals surface area (Å²) in [5, 5.41) is 6.07. The number of nitrogens with zero attached hydrogens (tertiary/aromatic N) is 3. The maximum absolute atomic E-state index is 7.31. The lowest BCUT2D eigenvalue weighted by Gasteiger charge is -2.33. The van der Waals surface area contributed by atoms with E-state index >= 15 is 0 Å². The number of hydrogen-bond acceptors (Lipinski definition) is 2. The zero-order valence-corrected chi connectivity index (χ0v) is 31.8. The van der Waals surface area contributed by atoms with Crippen molar-refractivity contribution in [2.75, 3.05) is 0 Å². The Morgan fingerprint density at radius 1 is 0.526 bits per heavy atom. The monoisotopic (exact) mass is 727 g/mol. The van der Waals surface area contributed by atoms with Crippen LogP contribution >= 0.6 is 0 Å². The van der Waals surface area contributed by atoms with Gasteiger partial charge in [0.1, 0.15) is 11.3 Å². The Hall–Kier alpha value is -7.11. The fraction of sp³-hybridized carbons (Fsp3) is 0.0577. The highest BCUT2D eigenvalue weighted by Gasteiger charge is 2.44. The SMILES string of the molecule is Cc1cc(C)c(-c2ccc3c(c2)c2ccnc4c2n3B2c3c(cc5c(-c6ccccc6)c(-c6ccccc6)oc5c3-4)-n3c4ccccc4c4cccc2c43)c(C)c1. The van der Waals surface area contributed by atoms with Gasteiger partial charge in [0, 0.05) is 61.0 Å². The van der Waals surface area contributed by atoms with Gasteiger partial charge < -0.3 is 13.5 Å². The average Bonchev–Trinajstić information content (AvgIpc) is 3.90. The number of rotatable bonds is 3. The lowest BCUT2D eigenvalue weighted by atomic mass is 9.45. The van der Waals surface area contributed by atoms with Gasteiger partial charge in [-0.3, -0.25) is 4.98 Å². The Morgan fingerprint density at radius 3 is 2.05 bits per heavy atom. The molecule has 0 saturated carbocycles. The van der Waals surface area contributed by atoms with E-state index in [2.05, 4.69) is 175 Å². The van der Waals surface area contributed by atoms with Crippen molar-refractivity contribution in [3.8, 4) is 50.5 Å². The zero-order chi connectivity index (χ0) is 37.7. The van der Waals surface area contributed by atoms with Gasteiger partial charge in [-0.05, 0) is 89.8 Å². The van der Waals surface area contributed by atoms with E-state index in [-0.39, 0.29) is 6.85 Å². The summed E-state index contributed by atoms with van der Waals surface area (Å²) >= 11 is 0. The first-order valence-electron chi connectivity index (χ1n) is 19.8. The largest absolute Gasteiger partial charge is 0.455 e. The Bertz CT molecular complexity index is 3530. The molecule has 11 aromatic rings. The van der Waals surface area contributed by atoms with Crippen molar-refractivity contribution >= 4 is 72.4 Å². The van der Waals surface area contributed by atoms with Crippen LogP contribution in [0.5, 0.6) is 0 Å². The Labute approximate surface area is 329 Å². The molecular weight excluding hydrogens is 693 g/mol. The lowest BCUT2D eigenvalue weighted by molar-refractivity contribution is 0.633. The molecule has 0 bridgehead atoms. The van der Waals surface area contributed by atoms with Crippen molar-refractivity contribution in [3.05, 3.63) is 168 Å². The molecule has 5 heteroatoms. The van der Waals surface area contributed by atoms with Crippen molar-refractivity contribution in [2.45, 2.75) is 20.8 Å². The van der Waals surface area contributed by atoms with Gasteiger partial charge in [-0.15, -0.1) is 0 Å². The van der Waals surface area contributed by atoms with Crippen molar-refractivity contribution < 1.29 is 4.42 Å². The highest BCUT2D eigenvalue weighted by molar-refractivity contribution is 6.90. The smallest absolute Gasteiger partial charge is 0.333 e. The predicted molar refractivity (Wildman–Crippen MR) is 238 cm³/mol. The minimum atomic E-state index is -0.101. The third-order valence-electron chi connectivity index (χ3n) is 12.8. The number of pyridine rings is 1. The maximum atomic E-state index is 7.31. The van der Waals surface area contributed by atoms with Crippen LogP contribution < -0.4 is 10.9 Å². The normalized spacial score (nSPS) is 12.8. The maximum Gasteiger partial charge on any atom is 0.333 e. The molecular formula is C52H34BN3O. The molecule has 0 saturated heterocycles. The molecule has 7 aromatic carbocycles. The summed E-state index contributed by atoms with van der Waals surface area (Å²) in [7, 11) is 0. The van der Waals surface area contributed by atoms with Gasteiger partial charge in [0.15, 0.2) is 0 Å². The van der Waals surface area contributed by atoms with Gasteiger partial charge in [-0.1, -0.05) is 121 Å². The summed E-state index contributed by atoms with van der Waals surface area (Å²) in [6.45, 7) is 6.56. The van der Waals surface area contributed by atoms with Gasteiger partial charge in [0.25, 0.3) is 0 Å². The molecule has 0 N–H and O–H groups in total. The number of furan rings is 1. The summed E-state index contributed by atoms with van der Waals surface area (Å²) in [5.41, 5.74) is 21.2. The molecule has 2 aliphatic heterocycles. The zero-order valence-electron chi connectivity index (χ0n) is 31.8. The van der Waals surface area contributed by atoms with E-state index in [4.69, 9.17) is 9.40 Å². The van der Waals surface area contributed by atoms with E-state index in [9.17, 15) is 0 Å². The molecule has 4 aromatic heterocycles. The van der Waals surface area contributed by atoms with Crippen LogP contribution in [0.25, 0.3) is 105 Å². The van der Waals surface area contributed by atoms with Crippen LogP contribution in [0.15, 0.2) is 156 Å². The molecule has 0 radical (unpaired) electrons. The Morgan fingerprint density at radius 2 is 1.25 bits per heavy atom. The first-order valence-corrected chi connectivity index (χ1v) is 19.8. The van der Waals surface area contributed by atoms with E-state index in [0.717, 1.165) is 50.2 Å². The molecule has 0 fully saturated rings. The molecule has 0 unspecified atom stereocenters. The summed E-state index contributed by atoms with van der Waals surface area (Å²) in [4.78, 5) is 5.33. The third-order valence-corrected chi connectivity index (χ3v) is 12.8. The Kier molecular flexibility index (Phi) is 6.02. The van der Waals surface area contributed by atoms with E-state index in [0.29, 0.717) is 0 Å². The van der Waals surface area contributed by atoms with Crippen LogP contribution in [0, 0.1) is 20.8 Å². The number of aryl methyl sites for hydroxylation is 3. The first-order chi connectivity index (χ1) is 28.0. The second-order valence-corrected chi connectivity index (χ2v) is 16.0. The fourth-order valence-corrected chi connectivity index (χ4v) is 10.8. The highest BCUT2D eigenvalue weighted by atomic mass is 16.3. The van der Waals surface area contributed by atoms with E-state index in [1.54, 1.807) is 0 Å². The molecule has 0 amide bonds. The van der Waals surface area contributed by atoms with Crippen molar-refractivity contribution in [1.82, 2.24) is 14.0 Å². The second-order valence-electron chi connectivity index (χ2n) is 16.0. The van der Waals surface area contributed by atoms with Crippen LogP contribution in [0.1, 0.15) is 16.7 Å². The quantitative estimate of drug-likeness (QED) is 0.170. The summed E-state index contributed by atoms with van der Waals surface area (Å²) < 4.78 is 12.4. The minimum Gasteiger partial charge on any atom is -0.455 e. The molecule has 57 heavy (non-hydrogen) atoms. The standard InChI is InChI=1S/C52H34BN3O/c1-29-25-30(2)44(31(3)26-29)34-21-22-42-38(27-34)37-23-24-54-48-46-47-43(28-39-45(32-13-6-4-7-14-32)51(57-52(39)46)33-15-8-5-9-16-33)55-41-20-11-10-17-35(41)36-18-12-19-40(49(36)55)53(47)56(42)50(37)48/h4-28H,1-3H3. The molecule has 0 atom stereocenters. The van der Waals surface area contributed by atoms with Gasteiger partial charge in [-0.2, -0.15) is 0 Å². The van der Waals surface area contributed by atoms with Crippen LogP contribution in [0.2, 0.25) is 0 Å². The topological polar surface area (TPSA) is 35.9 Å². The van der Waals surface area contributed by atoms with Gasteiger partial charge in [0.05, 0.1) is 22.2 Å². The number of aromatic nitrogens is 3. The lowest BCUT2D eigenvalue weighted by Crippen LogP contribution is -2.55. The first kappa shape index (κ1) is 31.1. The van der Waals surface area contributed by atoms with E-state index in [1.807, 2.05) is 6.20 Å². The van der Waals surface area contributed by atoms with E-state index < -0.39 is 0 Å². The second kappa shape index (κ2) is 11.0. The molecule has 13 rings (SSSR count). The van der Waals surface area contributed by atoms with Crippen LogP contribution in [0.3, 0.4) is 0 Å². The van der Waals surface area contributed by atoms with Gasteiger partial charge in [-0.25, -0.2) is 0 Å². The molecule has 0 spiro atoms. The van der Waals surface area contributed by atoms with E-state index in [1.165, 1.54) is 82.5 Å². The number of hydrogen-bond donors (Lipinski definition) is 0. The number of fused-ring (bicyclic) bond motifs is 12. The third kappa shape index (κ3) is 3.95. The van der Waals surface area contributed by atoms with Gasteiger partial charge in [0.2, 0.25) is 0 Å². The molecule has 2 aliphatic rings. The van der Waals surface area contributed by atoms with Crippen molar-refractivity contribution in [3.63, 3.8) is 0 Å². The van der Waals surface area contributed by atoms with Gasteiger partial charge >= 0.3 is 6.85 Å². The summed E-state index contributed by atoms with van der Waals surface area (Å²) in [6.07, 6.45) is 2.00. The highest BCUT2D eigenvalue weighted by Crippen LogP contribution is 2.49. The van der Waals surface area contributed by atoms with Crippen LogP contribution in [-0.2, 0) is 0 Å². The summed E-state index contributed by atoms with van der Waals surface area (Å²) in [6, 6.07) is 53.4. The minimum absolute atomic E-state index is 0.101. The van der Waals surface area contributed by atoms with Crippen molar-refractivity contribution in [2.24, 2.45) is 0 Å². The molecule has 6 heterocycles. The number of para-hydroxylation sites is 2. The van der Waals surface area contributed by atoms with Crippen LogP contribution in [0.4, 0.5) is 0 Å². The summed E-state index contributed by atoms with van der Waals surface area (Å²) in [5.74, 6) is 0.874.